The summed E-state index contributed by atoms with van der Waals surface area (Å²) in [5.74, 6) is 0. The molecule has 0 spiro atoms. The lowest BCUT2D eigenvalue weighted by Crippen LogP contribution is -2.37. The van der Waals surface area contributed by atoms with Gasteiger partial charge >= 0.3 is 0 Å². The lowest BCUT2D eigenvalue weighted by atomic mass is 10.0. The van der Waals surface area contributed by atoms with Gasteiger partial charge in [-0.25, -0.2) is 0 Å². The molecule has 0 atom stereocenters. The standard InChI is InChI=1S/C15H20N2/c1-13-11-17(12-14-5-3-2-4-6-14)15-7-9-16(13)10-8-15/h2-6,15H,1,7-12H2. The Hall–Kier alpha value is -1.28. The van der Waals surface area contributed by atoms with E-state index in [1.807, 2.05) is 0 Å². The van der Waals surface area contributed by atoms with Crippen molar-refractivity contribution >= 4 is 0 Å². The SMILES string of the molecule is C=C1CN(Cc2ccccc2)C2CCN1CC2. The third kappa shape index (κ3) is 2.22. The van der Waals surface area contributed by atoms with E-state index in [-0.39, 0.29) is 0 Å². The van der Waals surface area contributed by atoms with E-state index in [9.17, 15) is 0 Å². The zero-order valence-corrected chi connectivity index (χ0v) is 10.3. The van der Waals surface area contributed by atoms with Crippen molar-refractivity contribution in [3.63, 3.8) is 0 Å². The van der Waals surface area contributed by atoms with Crippen LogP contribution in [0, 0.1) is 0 Å². The second kappa shape index (κ2) is 4.53. The molecule has 0 radical (unpaired) electrons. The van der Waals surface area contributed by atoms with Crippen molar-refractivity contribution < 1.29 is 0 Å². The highest BCUT2D eigenvalue weighted by Crippen LogP contribution is 2.26. The maximum atomic E-state index is 4.23. The molecular weight excluding hydrogens is 208 g/mol. The van der Waals surface area contributed by atoms with Crippen LogP contribution in [0.15, 0.2) is 42.6 Å². The van der Waals surface area contributed by atoms with E-state index in [4.69, 9.17) is 0 Å². The summed E-state index contributed by atoms with van der Waals surface area (Å²) in [6.07, 6.45) is 2.59. The van der Waals surface area contributed by atoms with Gasteiger partial charge in [0.25, 0.3) is 0 Å². The highest BCUT2D eigenvalue weighted by atomic mass is 15.3. The van der Waals surface area contributed by atoms with E-state index in [2.05, 4.69) is 46.7 Å². The van der Waals surface area contributed by atoms with Crippen LogP contribution in [0.4, 0.5) is 0 Å². The van der Waals surface area contributed by atoms with Crippen LogP contribution >= 0.6 is 0 Å². The van der Waals surface area contributed by atoms with Crippen molar-refractivity contribution in [2.75, 3.05) is 19.6 Å². The highest BCUT2D eigenvalue weighted by molar-refractivity contribution is 5.16. The quantitative estimate of drug-likeness (QED) is 0.767. The molecule has 2 heteroatoms. The maximum Gasteiger partial charge on any atom is 0.0384 e. The number of piperidine rings is 1. The third-order valence-electron chi connectivity index (χ3n) is 4.04. The van der Waals surface area contributed by atoms with Gasteiger partial charge in [0.15, 0.2) is 0 Å². The lowest BCUT2D eigenvalue weighted by Gasteiger charge is -2.31. The van der Waals surface area contributed by atoms with Crippen LogP contribution in [0.2, 0.25) is 0 Å². The molecule has 3 saturated heterocycles. The number of fused-ring (bicyclic) bond motifs is 4. The van der Waals surface area contributed by atoms with Gasteiger partial charge in [0.05, 0.1) is 0 Å². The average molecular weight is 228 g/mol. The summed E-state index contributed by atoms with van der Waals surface area (Å²) in [5.41, 5.74) is 2.72. The molecule has 0 N–H and O–H groups in total. The van der Waals surface area contributed by atoms with E-state index >= 15 is 0 Å². The van der Waals surface area contributed by atoms with Gasteiger partial charge < -0.3 is 4.90 Å². The second-order valence-corrected chi connectivity index (χ2v) is 5.18. The summed E-state index contributed by atoms with van der Waals surface area (Å²) in [6.45, 7) is 8.74. The van der Waals surface area contributed by atoms with Crippen LogP contribution in [0.25, 0.3) is 0 Å². The van der Waals surface area contributed by atoms with Gasteiger partial charge in [-0.3, -0.25) is 4.90 Å². The highest BCUT2D eigenvalue weighted by Gasteiger charge is 2.30. The molecule has 1 aromatic carbocycles. The number of hydrogen-bond acceptors (Lipinski definition) is 2. The smallest absolute Gasteiger partial charge is 0.0384 e. The molecule has 3 fully saturated rings. The van der Waals surface area contributed by atoms with Crippen molar-refractivity contribution in [1.82, 2.24) is 9.80 Å². The molecule has 0 aromatic heterocycles. The Balaban J connectivity index is 1.76. The summed E-state index contributed by atoms with van der Waals surface area (Å²) in [4.78, 5) is 5.06. The molecule has 4 rings (SSSR count). The summed E-state index contributed by atoms with van der Waals surface area (Å²) < 4.78 is 0. The van der Waals surface area contributed by atoms with Gasteiger partial charge in [-0.1, -0.05) is 36.9 Å². The maximum absolute atomic E-state index is 4.23. The zero-order valence-electron chi connectivity index (χ0n) is 10.3. The molecule has 90 valence electrons. The van der Waals surface area contributed by atoms with Gasteiger partial charge in [-0.15, -0.1) is 0 Å². The molecule has 0 aliphatic carbocycles. The van der Waals surface area contributed by atoms with Crippen molar-refractivity contribution in [1.29, 1.82) is 0 Å². The molecule has 3 aliphatic heterocycles. The van der Waals surface area contributed by atoms with Gasteiger partial charge in [-0.2, -0.15) is 0 Å². The Morgan fingerprint density at radius 3 is 2.53 bits per heavy atom. The fourth-order valence-electron chi connectivity index (χ4n) is 3.01. The lowest BCUT2D eigenvalue weighted by molar-refractivity contribution is 0.177. The van der Waals surface area contributed by atoms with E-state index in [1.165, 1.54) is 37.2 Å². The van der Waals surface area contributed by atoms with Gasteiger partial charge in [-0.05, 0) is 18.4 Å². The van der Waals surface area contributed by atoms with Gasteiger partial charge in [0.1, 0.15) is 0 Å². The molecule has 2 nitrogen and oxygen atoms in total. The summed E-state index contributed by atoms with van der Waals surface area (Å²) >= 11 is 0. The molecule has 2 bridgehead atoms. The number of benzene rings is 1. The Labute approximate surface area is 104 Å². The summed E-state index contributed by atoms with van der Waals surface area (Å²) in [7, 11) is 0. The van der Waals surface area contributed by atoms with E-state index < -0.39 is 0 Å². The molecule has 1 aromatic rings. The Kier molecular flexibility index (Phi) is 2.89. The number of rotatable bonds is 2. The Bertz CT molecular complexity index is 391. The summed E-state index contributed by atoms with van der Waals surface area (Å²) in [5, 5.41) is 0. The van der Waals surface area contributed by atoms with Crippen LogP contribution in [0.3, 0.4) is 0 Å². The average Bonchev–Trinajstić information content (AvgIpc) is 2.61. The monoisotopic (exact) mass is 228 g/mol. The molecule has 17 heavy (non-hydrogen) atoms. The fourth-order valence-corrected chi connectivity index (χ4v) is 3.01. The first-order valence-electron chi connectivity index (χ1n) is 6.53. The van der Waals surface area contributed by atoms with E-state index in [1.54, 1.807) is 0 Å². The predicted octanol–water partition coefficient (Wildman–Crippen LogP) is 2.48. The second-order valence-electron chi connectivity index (χ2n) is 5.18. The zero-order chi connectivity index (χ0) is 11.7. The molecule has 3 heterocycles. The van der Waals surface area contributed by atoms with Crippen molar-refractivity contribution in [3.05, 3.63) is 48.2 Å². The van der Waals surface area contributed by atoms with Crippen molar-refractivity contribution in [2.45, 2.75) is 25.4 Å². The summed E-state index contributed by atoms with van der Waals surface area (Å²) in [6, 6.07) is 11.5. The topological polar surface area (TPSA) is 6.48 Å². The van der Waals surface area contributed by atoms with Crippen molar-refractivity contribution in [2.24, 2.45) is 0 Å². The third-order valence-corrected chi connectivity index (χ3v) is 4.04. The Morgan fingerprint density at radius 2 is 1.82 bits per heavy atom. The molecule has 0 unspecified atom stereocenters. The van der Waals surface area contributed by atoms with Crippen LogP contribution in [-0.4, -0.2) is 35.5 Å². The van der Waals surface area contributed by atoms with Crippen LogP contribution in [0.5, 0.6) is 0 Å². The van der Waals surface area contributed by atoms with Crippen molar-refractivity contribution in [3.8, 4) is 0 Å². The van der Waals surface area contributed by atoms with E-state index in [0.717, 1.165) is 19.1 Å². The van der Waals surface area contributed by atoms with E-state index in [0.29, 0.717) is 0 Å². The van der Waals surface area contributed by atoms with Crippen LogP contribution in [0.1, 0.15) is 18.4 Å². The first-order chi connectivity index (χ1) is 8.33. The molecule has 0 saturated carbocycles. The normalized spacial score (nSPS) is 21.9. The largest absolute Gasteiger partial charge is 0.374 e. The molecule has 3 aliphatic rings. The number of nitrogens with zero attached hydrogens (tertiary/aromatic N) is 2. The van der Waals surface area contributed by atoms with Crippen LogP contribution < -0.4 is 0 Å². The fraction of sp³-hybridized carbons (Fsp3) is 0.467. The van der Waals surface area contributed by atoms with Crippen LogP contribution in [-0.2, 0) is 6.54 Å². The molecular formula is C15H20N2. The van der Waals surface area contributed by atoms with Gasteiger partial charge in [0.2, 0.25) is 0 Å². The first-order valence-corrected chi connectivity index (χ1v) is 6.53. The predicted molar refractivity (Wildman–Crippen MR) is 70.6 cm³/mol. The minimum absolute atomic E-state index is 0.755. The first kappa shape index (κ1) is 10.8. The molecule has 0 amide bonds. The minimum atomic E-state index is 0.755. The Morgan fingerprint density at radius 1 is 1.12 bits per heavy atom. The number of hydrogen-bond donors (Lipinski definition) is 0. The van der Waals surface area contributed by atoms with Gasteiger partial charge in [0, 0.05) is 37.9 Å². The minimum Gasteiger partial charge on any atom is -0.374 e.